The van der Waals surface area contributed by atoms with Gasteiger partial charge in [-0.25, -0.2) is 0 Å². The van der Waals surface area contributed by atoms with Gasteiger partial charge in [-0.1, -0.05) is 0 Å². The van der Waals surface area contributed by atoms with Gasteiger partial charge in [0.05, 0.1) is 11.6 Å². The van der Waals surface area contributed by atoms with Crippen molar-refractivity contribution in [1.82, 2.24) is 20.6 Å². The zero-order valence-electron chi connectivity index (χ0n) is 14.7. The van der Waals surface area contributed by atoms with Crippen LogP contribution in [0.4, 0.5) is 0 Å². The van der Waals surface area contributed by atoms with Gasteiger partial charge in [0, 0.05) is 19.2 Å². The van der Waals surface area contributed by atoms with Crippen molar-refractivity contribution < 1.29 is 9.59 Å². The van der Waals surface area contributed by atoms with Crippen LogP contribution in [0.3, 0.4) is 0 Å². The summed E-state index contributed by atoms with van der Waals surface area (Å²) in [4.78, 5) is 25.2. The minimum absolute atomic E-state index is 0.0409. The number of hydrogen-bond acceptors (Lipinski definition) is 3. The van der Waals surface area contributed by atoms with Crippen LogP contribution in [0.25, 0.3) is 0 Å². The lowest BCUT2D eigenvalue weighted by atomic mass is 9.49. The molecule has 6 rings (SSSR count). The number of aryl methyl sites for hydroxylation is 1. The summed E-state index contributed by atoms with van der Waals surface area (Å²) < 4.78 is 1.76. The molecule has 5 aliphatic carbocycles. The number of hydrogen-bond donors (Lipinski definition) is 2. The first-order valence-corrected chi connectivity index (χ1v) is 9.61. The van der Waals surface area contributed by atoms with Crippen molar-refractivity contribution in [2.75, 3.05) is 0 Å². The molecule has 2 atom stereocenters. The molecule has 0 aromatic carbocycles. The van der Waals surface area contributed by atoms with Crippen LogP contribution in [-0.4, -0.2) is 21.6 Å². The average molecular weight is 342 g/mol. The quantitative estimate of drug-likeness (QED) is 0.824. The van der Waals surface area contributed by atoms with Gasteiger partial charge in [0.15, 0.2) is 0 Å². The molecule has 0 aliphatic heterocycles. The van der Waals surface area contributed by atoms with Gasteiger partial charge in [-0.05, 0) is 74.2 Å². The van der Waals surface area contributed by atoms with Crippen molar-refractivity contribution in [3.8, 4) is 0 Å². The Labute approximate surface area is 147 Å². The van der Waals surface area contributed by atoms with Crippen LogP contribution in [0.5, 0.6) is 0 Å². The molecular formula is C19H26N4O2. The summed E-state index contributed by atoms with van der Waals surface area (Å²) in [5, 5.41) is 4.17. The molecule has 5 fully saturated rings. The summed E-state index contributed by atoms with van der Waals surface area (Å²) in [6.07, 6.45) is 11.6. The summed E-state index contributed by atoms with van der Waals surface area (Å²) in [5.74, 6) is 2.37. The predicted octanol–water partition coefficient (Wildman–Crippen LogP) is 1.89. The molecule has 4 bridgehead atoms. The molecule has 1 aromatic heterocycles. The molecule has 6 heteroatoms. The maximum Gasteiger partial charge on any atom is 0.244 e. The van der Waals surface area contributed by atoms with Gasteiger partial charge in [0.25, 0.3) is 0 Å². The standard InChI is InChI=1S/C19H26N4O2/c1-23-10-14(9-20-23)15-5-16(15)17(24)21-22-18(25)19-6-11-2-12(7-19)4-13(3-11)8-19/h9-13,15-16H,2-8H2,1H3,(H,21,24)(H,22,25)/t11?,12?,13?,15-,16+,19?/m0/s1. The van der Waals surface area contributed by atoms with E-state index >= 15 is 0 Å². The molecule has 1 aromatic rings. The summed E-state index contributed by atoms with van der Waals surface area (Å²) in [7, 11) is 1.88. The normalized spacial score (nSPS) is 40.8. The second-order valence-corrected chi connectivity index (χ2v) is 9.04. The zero-order chi connectivity index (χ0) is 17.2. The highest BCUT2D eigenvalue weighted by Crippen LogP contribution is 2.60. The number of nitrogens with zero attached hydrogens (tertiary/aromatic N) is 2. The summed E-state index contributed by atoms with van der Waals surface area (Å²) in [6, 6.07) is 0. The smallest absolute Gasteiger partial charge is 0.244 e. The van der Waals surface area contributed by atoms with Crippen LogP contribution in [-0.2, 0) is 16.6 Å². The van der Waals surface area contributed by atoms with Gasteiger partial charge in [-0.15, -0.1) is 0 Å². The highest BCUT2D eigenvalue weighted by atomic mass is 16.2. The highest BCUT2D eigenvalue weighted by molar-refractivity contribution is 5.88. The molecule has 6 nitrogen and oxygen atoms in total. The summed E-state index contributed by atoms with van der Waals surface area (Å²) in [5.41, 5.74) is 6.38. The molecule has 134 valence electrons. The third-order valence-electron chi connectivity index (χ3n) is 7.10. The van der Waals surface area contributed by atoms with Crippen LogP contribution < -0.4 is 10.9 Å². The monoisotopic (exact) mass is 342 g/mol. The van der Waals surface area contributed by atoms with E-state index in [2.05, 4.69) is 16.0 Å². The Morgan fingerprint density at radius 1 is 1.08 bits per heavy atom. The molecule has 0 unspecified atom stereocenters. The van der Waals surface area contributed by atoms with E-state index in [0.29, 0.717) is 0 Å². The summed E-state index contributed by atoms with van der Waals surface area (Å²) in [6.45, 7) is 0. The molecule has 2 N–H and O–H groups in total. The maximum atomic E-state index is 12.9. The van der Waals surface area contributed by atoms with Crippen LogP contribution in [0.15, 0.2) is 12.4 Å². The molecule has 25 heavy (non-hydrogen) atoms. The number of rotatable bonds is 3. The van der Waals surface area contributed by atoms with Crippen LogP contribution in [0, 0.1) is 29.1 Å². The Morgan fingerprint density at radius 2 is 1.72 bits per heavy atom. The van der Waals surface area contributed by atoms with Crippen molar-refractivity contribution >= 4 is 11.8 Å². The predicted molar refractivity (Wildman–Crippen MR) is 90.9 cm³/mol. The first kappa shape index (κ1) is 15.4. The van der Waals surface area contributed by atoms with Crippen molar-refractivity contribution in [2.45, 2.75) is 50.9 Å². The molecule has 2 amide bonds. The Hall–Kier alpha value is -1.85. The Kier molecular flexibility index (Phi) is 3.28. The number of hydrazine groups is 1. The number of amides is 2. The topological polar surface area (TPSA) is 76.0 Å². The van der Waals surface area contributed by atoms with E-state index in [-0.39, 0.29) is 29.1 Å². The third kappa shape index (κ3) is 2.57. The van der Waals surface area contributed by atoms with Gasteiger partial charge >= 0.3 is 0 Å². The number of nitrogens with one attached hydrogen (secondary N) is 2. The molecule has 5 saturated carbocycles. The lowest BCUT2D eigenvalue weighted by molar-refractivity contribution is -0.149. The lowest BCUT2D eigenvalue weighted by Gasteiger charge is -2.55. The Bertz CT molecular complexity index is 689. The van der Waals surface area contributed by atoms with E-state index in [0.717, 1.165) is 49.0 Å². The van der Waals surface area contributed by atoms with Gasteiger partial charge in [0.2, 0.25) is 11.8 Å². The fraction of sp³-hybridized carbons (Fsp3) is 0.737. The third-order valence-corrected chi connectivity index (χ3v) is 7.10. The van der Waals surface area contributed by atoms with E-state index in [9.17, 15) is 9.59 Å². The lowest BCUT2D eigenvalue weighted by Crippen LogP contribution is -2.56. The second-order valence-electron chi connectivity index (χ2n) is 9.04. The SMILES string of the molecule is Cn1cc([C@@H]2C[C@H]2C(=O)NNC(=O)C23CC4CC(CC(C4)C2)C3)cn1. The summed E-state index contributed by atoms with van der Waals surface area (Å²) >= 11 is 0. The minimum atomic E-state index is -0.214. The zero-order valence-corrected chi connectivity index (χ0v) is 14.7. The fourth-order valence-corrected chi connectivity index (χ4v) is 6.22. The van der Waals surface area contributed by atoms with Gasteiger partial charge in [-0.2, -0.15) is 5.10 Å². The molecule has 1 heterocycles. The minimum Gasteiger partial charge on any atom is -0.276 e. The van der Waals surface area contributed by atoms with E-state index in [1.54, 1.807) is 4.68 Å². The van der Waals surface area contributed by atoms with E-state index in [1.807, 2.05) is 19.4 Å². The van der Waals surface area contributed by atoms with E-state index in [4.69, 9.17) is 0 Å². The first-order chi connectivity index (χ1) is 12.0. The molecule has 0 spiro atoms. The van der Waals surface area contributed by atoms with Gasteiger partial charge in [0.1, 0.15) is 0 Å². The van der Waals surface area contributed by atoms with E-state index < -0.39 is 0 Å². The Balaban J connectivity index is 1.18. The van der Waals surface area contributed by atoms with Crippen LogP contribution in [0.1, 0.15) is 56.4 Å². The molecule has 0 radical (unpaired) electrons. The first-order valence-electron chi connectivity index (χ1n) is 9.61. The van der Waals surface area contributed by atoms with E-state index in [1.165, 1.54) is 19.3 Å². The van der Waals surface area contributed by atoms with Crippen LogP contribution in [0.2, 0.25) is 0 Å². The van der Waals surface area contributed by atoms with Crippen molar-refractivity contribution in [3.63, 3.8) is 0 Å². The molecule has 0 saturated heterocycles. The van der Waals surface area contributed by atoms with Gasteiger partial charge in [-0.3, -0.25) is 25.1 Å². The van der Waals surface area contributed by atoms with Crippen molar-refractivity contribution in [1.29, 1.82) is 0 Å². The van der Waals surface area contributed by atoms with Crippen molar-refractivity contribution in [3.05, 3.63) is 18.0 Å². The van der Waals surface area contributed by atoms with Crippen molar-refractivity contribution in [2.24, 2.45) is 36.1 Å². The average Bonchev–Trinajstić information content (AvgIpc) is 3.25. The molecular weight excluding hydrogens is 316 g/mol. The number of carbonyl (C=O) groups is 2. The second kappa shape index (κ2) is 5.32. The Morgan fingerprint density at radius 3 is 2.28 bits per heavy atom. The molecule has 5 aliphatic rings. The largest absolute Gasteiger partial charge is 0.276 e. The number of aromatic nitrogens is 2. The number of carbonyl (C=O) groups excluding carboxylic acids is 2. The van der Waals surface area contributed by atoms with Gasteiger partial charge < -0.3 is 0 Å². The highest BCUT2D eigenvalue weighted by Gasteiger charge is 2.55. The maximum absolute atomic E-state index is 12.9. The van der Waals surface area contributed by atoms with Crippen LogP contribution >= 0.6 is 0 Å². The fourth-order valence-electron chi connectivity index (χ4n) is 6.22.